The normalized spacial score (nSPS) is 11.2. The largest absolute Gasteiger partial charge is 0.418 e. The topological polar surface area (TPSA) is 66.9 Å². The Morgan fingerprint density at radius 2 is 1.57 bits per heavy atom. The Kier molecular flexibility index (Phi) is 5.21. The first-order chi connectivity index (χ1) is 13.3. The maximum atomic E-state index is 13.6. The van der Waals surface area contributed by atoms with Crippen LogP contribution in [0.2, 0.25) is 0 Å². The van der Waals surface area contributed by atoms with Crippen LogP contribution in [0.25, 0.3) is 0 Å². The Labute approximate surface area is 155 Å². The molecule has 0 saturated carbocycles. The molecule has 3 aromatic rings. The van der Waals surface area contributed by atoms with Crippen LogP contribution in [0, 0.1) is 11.6 Å². The number of carbonyl (C=O) groups is 1. The number of amides is 1. The number of aromatic nitrogens is 2. The molecule has 0 fully saturated rings. The summed E-state index contributed by atoms with van der Waals surface area (Å²) in [7, 11) is 0. The lowest BCUT2D eigenvalue weighted by atomic mass is 10.1. The molecule has 0 aliphatic heterocycles. The van der Waals surface area contributed by atoms with Crippen molar-refractivity contribution >= 4 is 23.1 Å². The molecular formula is C18H11F5N4O. The van der Waals surface area contributed by atoms with Crippen LogP contribution in [0.1, 0.15) is 16.1 Å². The molecule has 5 nitrogen and oxygen atoms in total. The quantitative estimate of drug-likeness (QED) is 0.626. The fourth-order valence-corrected chi connectivity index (χ4v) is 2.28. The van der Waals surface area contributed by atoms with Crippen LogP contribution >= 0.6 is 0 Å². The molecule has 3 rings (SSSR count). The fraction of sp³-hybridized carbons (Fsp3) is 0.0556. The van der Waals surface area contributed by atoms with E-state index in [1.165, 1.54) is 18.2 Å². The van der Waals surface area contributed by atoms with Crippen LogP contribution in [0.4, 0.5) is 39.1 Å². The van der Waals surface area contributed by atoms with Gasteiger partial charge < -0.3 is 10.6 Å². The Hall–Kier alpha value is -3.56. The molecule has 0 saturated heterocycles. The van der Waals surface area contributed by atoms with Crippen molar-refractivity contribution in [3.05, 3.63) is 77.8 Å². The highest BCUT2D eigenvalue weighted by Crippen LogP contribution is 2.35. The van der Waals surface area contributed by atoms with Gasteiger partial charge in [0.15, 0.2) is 0 Å². The van der Waals surface area contributed by atoms with Gasteiger partial charge in [-0.3, -0.25) is 4.79 Å². The van der Waals surface area contributed by atoms with Crippen molar-refractivity contribution in [1.82, 2.24) is 9.97 Å². The molecule has 10 heteroatoms. The SMILES string of the molecule is O=C(Nc1c(F)cccc1F)c1cnc(Nc2ccccc2C(F)(F)F)cn1. The molecule has 0 atom stereocenters. The first-order valence-corrected chi connectivity index (χ1v) is 7.76. The number of carbonyl (C=O) groups excluding carboxylic acids is 1. The lowest BCUT2D eigenvalue weighted by molar-refractivity contribution is -0.136. The van der Waals surface area contributed by atoms with Crippen molar-refractivity contribution in [1.29, 1.82) is 0 Å². The molecule has 28 heavy (non-hydrogen) atoms. The summed E-state index contributed by atoms with van der Waals surface area (Å²) in [6, 6.07) is 7.85. The highest BCUT2D eigenvalue weighted by molar-refractivity contribution is 6.02. The Morgan fingerprint density at radius 3 is 2.18 bits per heavy atom. The van der Waals surface area contributed by atoms with Crippen molar-refractivity contribution in [2.45, 2.75) is 6.18 Å². The predicted molar refractivity (Wildman–Crippen MR) is 91.1 cm³/mol. The standard InChI is InChI=1S/C18H11F5N4O/c19-11-5-3-6-12(20)16(11)27-17(28)14-8-25-15(9-24-14)26-13-7-2-1-4-10(13)18(21,22)23/h1-9H,(H,25,26)(H,27,28). The van der Waals surface area contributed by atoms with Crippen LogP contribution < -0.4 is 10.6 Å². The molecule has 1 aromatic heterocycles. The van der Waals surface area contributed by atoms with Gasteiger partial charge in [0.25, 0.3) is 5.91 Å². The van der Waals surface area contributed by atoms with Crippen LogP contribution in [0.5, 0.6) is 0 Å². The molecule has 0 spiro atoms. The highest BCUT2D eigenvalue weighted by atomic mass is 19.4. The van der Waals surface area contributed by atoms with E-state index in [-0.39, 0.29) is 17.2 Å². The average Bonchev–Trinajstić information content (AvgIpc) is 2.65. The molecule has 144 valence electrons. The second kappa shape index (κ2) is 7.59. The summed E-state index contributed by atoms with van der Waals surface area (Å²) in [6.07, 6.45) is -2.58. The smallest absolute Gasteiger partial charge is 0.338 e. The van der Waals surface area contributed by atoms with Crippen molar-refractivity contribution in [3.63, 3.8) is 0 Å². The monoisotopic (exact) mass is 394 g/mol. The second-order valence-electron chi connectivity index (χ2n) is 5.51. The first kappa shape index (κ1) is 19.2. The molecule has 1 heterocycles. The lowest BCUT2D eigenvalue weighted by Gasteiger charge is -2.13. The predicted octanol–water partition coefficient (Wildman–Crippen LogP) is 4.77. The third-order valence-electron chi connectivity index (χ3n) is 3.58. The number of benzene rings is 2. The summed E-state index contributed by atoms with van der Waals surface area (Å²) in [5.74, 6) is -2.92. The Morgan fingerprint density at radius 1 is 0.893 bits per heavy atom. The van der Waals surface area contributed by atoms with E-state index in [1.54, 1.807) is 0 Å². The molecule has 2 N–H and O–H groups in total. The van der Waals surface area contributed by atoms with Gasteiger partial charge in [-0.2, -0.15) is 13.2 Å². The zero-order valence-electron chi connectivity index (χ0n) is 13.9. The number of halogens is 5. The number of rotatable bonds is 4. The van der Waals surface area contributed by atoms with E-state index in [4.69, 9.17) is 0 Å². The van der Waals surface area contributed by atoms with Gasteiger partial charge in [0.2, 0.25) is 0 Å². The molecule has 0 bridgehead atoms. The van der Waals surface area contributed by atoms with Gasteiger partial charge in [0.1, 0.15) is 28.8 Å². The van der Waals surface area contributed by atoms with E-state index in [1.807, 2.05) is 5.32 Å². The number of alkyl halides is 3. The van der Waals surface area contributed by atoms with Gasteiger partial charge in [-0.05, 0) is 24.3 Å². The summed E-state index contributed by atoms with van der Waals surface area (Å²) < 4.78 is 66.2. The van der Waals surface area contributed by atoms with Crippen LogP contribution in [-0.2, 0) is 6.18 Å². The summed E-state index contributed by atoms with van der Waals surface area (Å²) in [5.41, 5.74) is -2.06. The van der Waals surface area contributed by atoms with E-state index >= 15 is 0 Å². The van der Waals surface area contributed by atoms with Crippen molar-refractivity contribution in [2.75, 3.05) is 10.6 Å². The maximum absolute atomic E-state index is 13.6. The maximum Gasteiger partial charge on any atom is 0.418 e. The van der Waals surface area contributed by atoms with Crippen molar-refractivity contribution < 1.29 is 26.7 Å². The van der Waals surface area contributed by atoms with Crippen molar-refractivity contribution in [2.24, 2.45) is 0 Å². The molecule has 0 aliphatic rings. The lowest BCUT2D eigenvalue weighted by Crippen LogP contribution is -2.16. The van der Waals surface area contributed by atoms with E-state index in [0.717, 1.165) is 36.7 Å². The number of hydrogen-bond donors (Lipinski definition) is 2. The third-order valence-corrected chi connectivity index (χ3v) is 3.58. The van der Waals surface area contributed by atoms with Gasteiger partial charge in [-0.25, -0.2) is 18.7 Å². The summed E-state index contributed by atoms with van der Waals surface area (Å²) in [5, 5.41) is 4.50. The summed E-state index contributed by atoms with van der Waals surface area (Å²) in [4.78, 5) is 19.6. The number of anilines is 3. The second-order valence-corrected chi connectivity index (χ2v) is 5.51. The fourth-order valence-electron chi connectivity index (χ4n) is 2.28. The number of hydrogen-bond acceptors (Lipinski definition) is 4. The average molecular weight is 394 g/mol. The molecule has 0 unspecified atom stereocenters. The molecule has 0 radical (unpaired) electrons. The van der Waals surface area contributed by atoms with Crippen molar-refractivity contribution in [3.8, 4) is 0 Å². The molecule has 1 amide bonds. The van der Waals surface area contributed by atoms with E-state index in [0.29, 0.717) is 0 Å². The number of nitrogens with zero attached hydrogens (tertiary/aromatic N) is 2. The van der Waals surface area contributed by atoms with Gasteiger partial charge in [-0.15, -0.1) is 0 Å². The van der Waals surface area contributed by atoms with Crippen LogP contribution in [-0.4, -0.2) is 15.9 Å². The molecular weight excluding hydrogens is 383 g/mol. The zero-order valence-corrected chi connectivity index (χ0v) is 13.9. The van der Waals surface area contributed by atoms with Gasteiger partial charge in [0.05, 0.1) is 23.6 Å². The van der Waals surface area contributed by atoms with Gasteiger partial charge in [0, 0.05) is 0 Å². The molecule has 2 aromatic carbocycles. The van der Waals surface area contributed by atoms with E-state index < -0.39 is 35.0 Å². The minimum absolute atomic E-state index is 0.0506. The third kappa shape index (κ3) is 4.22. The Balaban J connectivity index is 1.77. The van der Waals surface area contributed by atoms with E-state index in [9.17, 15) is 26.7 Å². The van der Waals surface area contributed by atoms with Gasteiger partial charge in [-0.1, -0.05) is 18.2 Å². The highest BCUT2D eigenvalue weighted by Gasteiger charge is 2.33. The van der Waals surface area contributed by atoms with E-state index in [2.05, 4.69) is 15.3 Å². The van der Waals surface area contributed by atoms with Crippen LogP contribution in [0.3, 0.4) is 0 Å². The van der Waals surface area contributed by atoms with Gasteiger partial charge >= 0.3 is 6.18 Å². The first-order valence-electron chi connectivity index (χ1n) is 7.76. The number of nitrogens with one attached hydrogen (secondary N) is 2. The minimum atomic E-state index is -4.57. The zero-order chi connectivity index (χ0) is 20.3. The minimum Gasteiger partial charge on any atom is -0.338 e. The summed E-state index contributed by atoms with van der Waals surface area (Å²) in [6.45, 7) is 0. The van der Waals surface area contributed by atoms with Crippen LogP contribution in [0.15, 0.2) is 54.9 Å². The summed E-state index contributed by atoms with van der Waals surface area (Å²) >= 11 is 0. The Bertz CT molecular complexity index is 985. The molecule has 0 aliphatic carbocycles. The number of para-hydroxylation sites is 2.